The molecule has 1 rings (SSSR count). The van der Waals surface area contributed by atoms with E-state index in [1.807, 2.05) is 0 Å². The van der Waals surface area contributed by atoms with Crippen LogP contribution < -0.4 is 0 Å². The van der Waals surface area contributed by atoms with Crippen molar-refractivity contribution in [3.8, 4) is 0 Å². The van der Waals surface area contributed by atoms with E-state index < -0.39 is 5.97 Å². The Labute approximate surface area is 159 Å². The number of hydrogen-bond donors (Lipinski definition) is 3. The minimum absolute atomic E-state index is 0.0655. The van der Waals surface area contributed by atoms with Crippen molar-refractivity contribution in [2.24, 2.45) is 11.3 Å². The zero-order valence-electron chi connectivity index (χ0n) is 17.0. The van der Waals surface area contributed by atoms with Gasteiger partial charge in [0.05, 0.1) is 12.2 Å². The first-order valence-corrected chi connectivity index (χ1v) is 10.5. The maximum atomic E-state index is 10.6. The van der Waals surface area contributed by atoms with Gasteiger partial charge < -0.3 is 15.3 Å². The highest BCUT2D eigenvalue weighted by atomic mass is 16.4. The number of unbranched alkanes of at least 4 members (excludes halogenated alkanes) is 4. The lowest BCUT2D eigenvalue weighted by Gasteiger charge is -2.30. The molecule has 3 atom stereocenters. The lowest BCUT2D eigenvalue weighted by Crippen LogP contribution is -2.29. The minimum atomic E-state index is -0.721. The van der Waals surface area contributed by atoms with Crippen LogP contribution in [0.3, 0.4) is 0 Å². The molecule has 1 aliphatic rings. The summed E-state index contributed by atoms with van der Waals surface area (Å²) in [6.07, 6.45) is 12.3. The molecule has 1 unspecified atom stereocenters. The molecule has 0 aliphatic heterocycles. The topological polar surface area (TPSA) is 77.8 Å². The summed E-state index contributed by atoms with van der Waals surface area (Å²) in [5.41, 5.74) is 1.25. The van der Waals surface area contributed by atoms with E-state index in [0.717, 1.165) is 64.2 Å². The predicted octanol–water partition coefficient (Wildman–Crippen LogP) is 5.08. The summed E-state index contributed by atoms with van der Waals surface area (Å²) in [6, 6.07) is 0. The van der Waals surface area contributed by atoms with Gasteiger partial charge in [0.1, 0.15) is 0 Å². The van der Waals surface area contributed by atoms with Crippen molar-refractivity contribution >= 4 is 5.97 Å². The molecule has 0 spiro atoms. The summed E-state index contributed by atoms with van der Waals surface area (Å²) in [7, 11) is 0. The maximum Gasteiger partial charge on any atom is 0.303 e. The van der Waals surface area contributed by atoms with E-state index in [-0.39, 0.29) is 30.0 Å². The summed E-state index contributed by atoms with van der Waals surface area (Å²) in [5, 5.41) is 29.5. The van der Waals surface area contributed by atoms with Crippen LogP contribution in [0.2, 0.25) is 0 Å². The molecule has 1 aliphatic carbocycles. The summed E-state index contributed by atoms with van der Waals surface area (Å²) in [5.74, 6) is -0.498. The van der Waals surface area contributed by atoms with Crippen LogP contribution in [0.1, 0.15) is 97.8 Å². The third-order valence-corrected chi connectivity index (χ3v) is 6.01. The Morgan fingerprint density at radius 2 is 1.92 bits per heavy atom. The van der Waals surface area contributed by atoms with E-state index in [2.05, 4.69) is 26.8 Å². The van der Waals surface area contributed by atoms with Crippen LogP contribution in [0.4, 0.5) is 0 Å². The lowest BCUT2D eigenvalue weighted by molar-refractivity contribution is -0.137. The number of aliphatic carboxylic acids is 1. The molecular weight excluding hydrogens is 328 g/mol. The molecule has 0 aromatic heterocycles. The number of hydrogen-bond acceptors (Lipinski definition) is 3. The molecule has 0 bridgehead atoms. The quantitative estimate of drug-likeness (QED) is 0.313. The molecule has 1 fully saturated rings. The van der Waals surface area contributed by atoms with Crippen molar-refractivity contribution in [3.63, 3.8) is 0 Å². The Morgan fingerprint density at radius 3 is 2.58 bits per heavy atom. The Morgan fingerprint density at radius 1 is 1.23 bits per heavy atom. The van der Waals surface area contributed by atoms with Crippen LogP contribution in [0.25, 0.3) is 0 Å². The van der Waals surface area contributed by atoms with Gasteiger partial charge in [-0.25, -0.2) is 0 Å². The molecule has 0 aromatic rings. The zero-order valence-corrected chi connectivity index (χ0v) is 17.0. The van der Waals surface area contributed by atoms with Gasteiger partial charge >= 0.3 is 5.97 Å². The lowest BCUT2D eigenvalue weighted by atomic mass is 9.79. The van der Waals surface area contributed by atoms with Crippen LogP contribution >= 0.6 is 0 Å². The van der Waals surface area contributed by atoms with Crippen LogP contribution in [0.15, 0.2) is 11.6 Å². The van der Waals surface area contributed by atoms with E-state index in [9.17, 15) is 15.0 Å². The normalized spacial score (nSPS) is 23.5. The molecule has 26 heavy (non-hydrogen) atoms. The highest BCUT2D eigenvalue weighted by molar-refractivity contribution is 5.66. The van der Waals surface area contributed by atoms with Crippen molar-refractivity contribution < 1.29 is 20.1 Å². The molecule has 0 aromatic carbocycles. The number of carboxylic acids is 1. The van der Waals surface area contributed by atoms with Gasteiger partial charge in [-0.3, -0.25) is 4.79 Å². The fourth-order valence-electron chi connectivity index (χ4n) is 3.95. The Kier molecular flexibility index (Phi) is 10.5. The van der Waals surface area contributed by atoms with Crippen LogP contribution in [0.5, 0.6) is 0 Å². The van der Waals surface area contributed by atoms with E-state index in [0.29, 0.717) is 6.42 Å². The van der Waals surface area contributed by atoms with Crippen molar-refractivity contribution in [1.29, 1.82) is 0 Å². The average Bonchev–Trinajstić information content (AvgIpc) is 2.93. The molecule has 152 valence electrons. The molecule has 0 radical (unpaired) electrons. The molecule has 1 saturated carbocycles. The van der Waals surface area contributed by atoms with Gasteiger partial charge in [-0.2, -0.15) is 0 Å². The zero-order chi connectivity index (χ0) is 19.6. The predicted molar refractivity (Wildman–Crippen MR) is 106 cm³/mol. The standard InChI is InChI=1S/C22H40O4/c1-4-5-16-22(2,3)20(24)15-13-17-12-14-19(23)18(17)10-8-6-7-9-11-21(25)26/h13,18-20,23-24H,4-12,14-16H2,1-3H3,(H,25,26)/t18-,19-,20?/m1/s1. The third kappa shape index (κ3) is 8.22. The van der Waals surface area contributed by atoms with Crippen molar-refractivity contribution in [2.75, 3.05) is 0 Å². The second kappa shape index (κ2) is 11.8. The highest BCUT2D eigenvalue weighted by Crippen LogP contribution is 2.37. The van der Waals surface area contributed by atoms with E-state index >= 15 is 0 Å². The van der Waals surface area contributed by atoms with Crippen molar-refractivity contribution in [1.82, 2.24) is 0 Å². The third-order valence-electron chi connectivity index (χ3n) is 6.01. The monoisotopic (exact) mass is 368 g/mol. The van der Waals surface area contributed by atoms with Gasteiger partial charge in [0, 0.05) is 12.3 Å². The van der Waals surface area contributed by atoms with E-state index in [1.165, 1.54) is 5.57 Å². The van der Waals surface area contributed by atoms with Crippen molar-refractivity contribution in [2.45, 2.75) is 110 Å². The van der Waals surface area contributed by atoms with Gasteiger partial charge in [-0.15, -0.1) is 0 Å². The summed E-state index contributed by atoms with van der Waals surface area (Å²) in [4.78, 5) is 10.5. The Bertz CT molecular complexity index is 441. The molecule has 3 N–H and O–H groups in total. The first-order chi connectivity index (χ1) is 12.3. The Hall–Kier alpha value is -0.870. The average molecular weight is 369 g/mol. The smallest absolute Gasteiger partial charge is 0.303 e. The van der Waals surface area contributed by atoms with Crippen molar-refractivity contribution in [3.05, 3.63) is 11.6 Å². The van der Waals surface area contributed by atoms with Crippen LogP contribution in [-0.2, 0) is 4.79 Å². The van der Waals surface area contributed by atoms with Crippen LogP contribution in [-0.4, -0.2) is 33.5 Å². The largest absolute Gasteiger partial charge is 0.481 e. The second-order valence-electron chi connectivity index (χ2n) is 8.68. The number of aliphatic hydroxyl groups excluding tert-OH is 2. The van der Waals surface area contributed by atoms with E-state index in [4.69, 9.17) is 5.11 Å². The summed E-state index contributed by atoms with van der Waals surface area (Å²) in [6.45, 7) is 6.46. The number of carboxylic acid groups (broad SMARTS) is 1. The highest BCUT2D eigenvalue weighted by Gasteiger charge is 2.31. The number of aliphatic hydroxyl groups is 2. The number of rotatable bonds is 13. The first-order valence-electron chi connectivity index (χ1n) is 10.5. The van der Waals surface area contributed by atoms with Gasteiger partial charge in [0.15, 0.2) is 0 Å². The van der Waals surface area contributed by atoms with Gasteiger partial charge in [0.25, 0.3) is 0 Å². The van der Waals surface area contributed by atoms with Crippen LogP contribution in [0, 0.1) is 11.3 Å². The summed E-state index contributed by atoms with van der Waals surface area (Å²) >= 11 is 0. The Balaban J connectivity index is 2.43. The minimum Gasteiger partial charge on any atom is -0.481 e. The molecular formula is C22H40O4. The molecule has 0 amide bonds. The van der Waals surface area contributed by atoms with E-state index in [1.54, 1.807) is 0 Å². The molecule has 4 heteroatoms. The number of carbonyl (C=O) groups is 1. The van der Waals surface area contributed by atoms with Gasteiger partial charge in [-0.1, -0.05) is 64.5 Å². The fraction of sp³-hybridized carbons (Fsp3) is 0.864. The molecule has 4 nitrogen and oxygen atoms in total. The van der Waals surface area contributed by atoms with Gasteiger partial charge in [-0.05, 0) is 43.9 Å². The van der Waals surface area contributed by atoms with Gasteiger partial charge in [0.2, 0.25) is 0 Å². The SMILES string of the molecule is CCCCC(C)(C)C(O)CC=C1CC[C@@H](O)[C@@H]1CCCCCCC(=O)O. The second-order valence-corrected chi connectivity index (χ2v) is 8.68. The first kappa shape index (κ1) is 23.2. The summed E-state index contributed by atoms with van der Waals surface area (Å²) < 4.78 is 0. The molecule has 0 saturated heterocycles. The maximum absolute atomic E-state index is 10.6. The molecule has 0 heterocycles. The fourth-order valence-corrected chi connectivity index (χ4v) is 3.95.